The maximum Gasteiger partial charge on any atom is 0.249 e. The highest BCUT2D eigenvalue weighted by Crippen LogP contribution is 2.31. The van der Waals surface area contributed by atoms with Crippen LogP contribution in [0.15, 0.2) is 54.6 Å². The van der Waals surface area contributed by atoms with Gasteiger partial charge in [-0.2, -0.15) is 0 Å². The fourth-order valence-corrected chi connectivity index (χ4v) is 3.68. The normalized spacial score (nSPS) is 22.1. The van der Waals surface area contributed by atoms with E-state index in [9.17, 15) is 4.79 Å². The van der Waals surface area contributed by atoms with Crippen molar-refractivity contribution in [2.75, 3.05) is 46.5 Å². The Labute approximate surface area is 165 Å². The van der Waals surface area contributed by atoms with Gasteiger partial charge < -0.3 is 24.0 Å². The predicted molar refractivity (Wildman–Crippen MR) is 106 cm³/mol. The summed E-state index contributed by atoms with van der Waals surface area (Å²) in [7, 11) is 2.09. The molecule has 2 aromatic carbocycles. The molecule has 2 aliphatic rings. The van der Waals surface area contributed by atoms with Crippen molar-refractivity contribution in [2.24, 2.45) is 0 Å². The molecule has 6 heteroatoms. The van der Waals surface area contributed by atoms with E-state index in [1.165, 1.54) is 0 Å². The lowest BCUT2D eigenvalue weighted by Gasteiger charge is -2.40. The van der Waals surface area contributed by atoms with Crippen LogP contribution in [-0.2, 0) is 9.53 Å². The quantitative estimate of drug-likeness (QED) is 0.795. The highest BCUT2D eigenvalue weighted by molar-refractivity contribution is 5.78. The molecule has 2 aromatic rings. The molecule has 0 aliphatic carbocycles. The molecule has 1 amide bonds. The molecule has 28 heavy (non-hydrogen) atoms. The Kier molecular flexibility index (Phi) is 5.78. The van der Waals surface area contributed by atoms with E-state index in [1.54, 1.807) is 0 Å². The summed E-state index contributed by atoms with van der Waals surface area (Å²) in [5, 5.41) is 0. The lowest BCUT2D eigenvalue weighted by Crippen LogP contribution is -2.50. The molecule has 2 atom stereocenters. The number of rotatable bonds is 5. The van der Waals surface area contributed by atoms with Gasteiger partial charge in [-0.15, -0.1) is 0 Å². The van der Waals surface area contributed by atoms with Crippen molar-refractivity contribution >= 4 is 5.91 Å². The molecule has 0 spiro atoms. The van der Waals surface area contributed by atoms with Crippen LogP contribution < -0.4 is 9.47 Å². The molecule has 1 saturated heterocycles. The number of nitrogens with zero attached hydrogens (tertiary/aromatic N) is 2. The second-order valence-electron chi connectivity index (χ2n) is 7.29. The fourth-order valence-electron chi connectivity index (χ4n) is 3.68. The maximum atomic E-state index is 12.8. The number of carbonyl (C=O) groups is 1. The molecule has 2 aliphatic heterocycles. The summed E-state index contributed by atoms with van der Waals surface area (Å²) in [5.74, 6) is 1.48. The molecule has 148 valence electrons. The van der Waals surface area contributed by atoms with Gasteiger partial charge >= 0.3 is 0 Å². The van der Waals surface area contributed by atoms with Crippen molar-refractivity contribution in [3.8, 4) is 11.5 Å². The number of piperazine rings is 1. The van der Waals surface area contributed by atoms with E-state index < -0.39 is 0 Å². The summed E-state index contributed by atoms with van der Waals surface area (Å²) < 4.78 is 17.3. The van der Waals surface area contributed by atoms with Gasteiger partial charge in [-0.1, -0.05) is 42.5 Å². The van der Waals surface area contributed by atoms with Crippen LogP contribution in [0.3, 0.4) is 0 Å². The smallest absolute Gasteiger partial charge is 0.249 e. The van der Waals surface area contributed by atoms with Crippen LogP contribution in [0.2, 0.25) is 0 Å². The first-order valence-electron chi connectivity index (χ1n) is 9.70. The first-order valence-corrected chi connectivity index (χ1v) is 9.70. The third-order valence-electron chi connectivity index (χ3n) is 5.18. The molecule has 0 aromatic heterocycles. The molecule has 0 unspecified atom stereocenters. The van der Waals surface area contributed by atoms with Crippen molar-refractivity contribution < 1.29 is 19.0 Å². The van der Waals surface area contributed by atoms with Crippen LogP contribution in [0.25, 0.3) is 0 Å². The van der Waals surface area contributed by atoms with Gasteiger partial charge in [-0.25, -0.2) is 0 Å². The minimum atomic E-state index is -0.208. The van der Waals surface area contributed by atoms with Gasteiger partial charge in [0, 0.05) is 19.6 Å². The lowest BCUT2D eigenvalue weighted by molar-refractivity contribution is -0.142. The number of hydrogen-bond donors (Lipinski definition) is 0. The Bertz CT molecular complexity index is 798. The molecule has 1 fully saturated rings. The molecular formula is C22H26N2O4. The Morgan fingerprint density at radius 2 is 1.82 bits per heavy atom. The third-order valence-corrected chi connectivity index (χ3v) is 5.18. The summed E-state index contributed by atoms with van der Waals surface area (Å²) in [6.07, 6.45) is -0.208. The minimum absolute atomic E-state index is 0.0130. The van der Waals surface area contributed by atoms with Crippen LogP contribution in [0.1, 0.15) is 11.6 Å². The number of carbonyl (C=O) groups excluding carboxylic acids is 1. The van der Waals surface area contributed by atoms with Crippen LogP contribution in [0.4, 0.5) is 0 Å². The second kappa shape index (κ2) is 8.63. The van der Waals surface area contributed by atoms with Crippen molar-refractivity contribution in [1.29, 1.82) is 0 Å². The molecule has 0 saturated carbocycles. The number of hydrogen-bond acceptors (Lipinski definition) is 5. The standard InChI is InChI=1S/C22H26N2O4/c1-23-11-12-24(19(13-23)17-7-3-2-4-8-17)22(25)16-26-14-18-15-27-20-9-5-6-10-21(20)28-18/h2-10,18-19H,11-16H2,1H3/t18-,19-/m0/s1. The number of para-hydroxylation sites is 2. The lowest BCUT2D eigenvalue weighted by atomic mass is 10.0. The van der Waals surface area contributed by atoms with Crippen molar-refractivity contribution in [3.05, 3.63) is 60.2 Å². The highest BCUT2D eigenvalue weighted by atomic mass is 16.6. The van der Waals surface area contributed by atoms with Gasteiger partial charge in [0.05, 0.1) is 12.6 Å². The summed E-state index contributed by atoms with van der Waals surface area (Å²) in [6, 6.07) is 17.8. The van der Waals surface area contributed by atoms with E-state index >= 15 is 0 Å². The number of fused-ring (bicyclic) bond motifs is 1. The molecule has 0 radical (unpaired) electrons. The van der Waals surface area contributed by atoms with E-state index in [0.717, 1.165) is 30.2 Å². The molecule has 4 rings (SSSR count). The van der Waals surface area contributed by atoms with Gasteiger partial charge in [0.2, 0.25) is 5.91 Å². The summed E-state index contributed by atoms with van der Waals surface area (Å²) >= 11 is 0. The number of likely N-dealkylation sites (N-methyl/N-ethyl adjacent to an activating group) is 1. The average Bonchev–Trinajstić information content (AvgIpc) is 2.74. The number of benzene rings is 2. The topological polar surface area (TPSA) is 51.2 Å². The Balaban J connectivity index is 1.31. The number of amides is 1. The monoisotopic (exact) mass is 382 g/mol. The zero-order valence-corrected chi connectivity index (χ0v) is 16.1. The van der Waals surface area contributed by atoms with Crippen molar-refractivity contribution in [1.82, 2.24) is 9.80 Å². The Morgan fingerprint density at radius 3 is 2.64 bits per heavy atom. The van der Waals surface area contributed by atoms with Gasteiger partial charge in [0.15, 0.2) is 17.6 Å². The van der Waals surface area contributed by atoms with Gasteiger partial charge in [0.1, 0.15) is 13.2 Å². The SMILES string of the molecule is CN1CCN(C(=O)COC[C@H]2COc3ccccc3O2)[C@H](c2ccccc2)C1. The Hall–Kier alpha value is -2.57. The van der Waals surface area contributed by atoms with Crippen molar-refractivity contribution in [3.63, 3.8) is 0 Å². The van der Waals surface area contributed by atoms with E-state index in [4.69, 9.17) is 14.2 Å². The summed E-state index contributed by atoms with van der Waals surface area (Å²) in [5.41, 5.74) is 1.16. The maximum absolute atomic E-state index is 12.8. The van der Waals surface area contributed by atoms with Gasteiger partial charge in [-0.3, -0.25) is 4.79 Å². The molecule has 2 heterocycles. The molecule has 0 bridgehead atoms. The van der Waals surface area contributed by atoms with Gasteiger partial charge in [-0.05, 0) is 24.7 Å². The summed E-state index contributed by atoms with van der Waals surface area (Å²) in [6.45, 7) is 3.19. The molecule has 6 nitrogen and oxygen atoms in total. The van der Waals surface area contributed by atoms with Crippen LogP contribution in [0, 0.1) is 0 Å². The van der Waals surface area contributed by atoms with Crippen molar-refractivity contribution in [2.45, 2.75) is 12.1 Å². The van der Waals surface area contributed by atoms with E-state index in [-0.39, 0.29) is 24.7 Å². The van der Waals surface area contributed by atoms with Crippen LogP contribution in [-0.4, -0.2) is 68.3 Å². The fraction of sp³-hybridized carbons (Fsp3) is 0.409. The second-order valence-corrected chi connectivity index (χ2v) is 7.29. The van der Waals surface area contributed by atoms with E-state index in [2.05, 4.69) is 24.1 Å². The third kappa shape index (κ3) is 4.29. The largest absolute Gasteiger partial charge is 0.486 e. The first-order chi connectivity index (χ1) is 13.7. The molecular weight excluding hydrogens is 356 g/mol. The Morgan fingerprint density at radius 1 is 1.07 bits per heavy atom. The van der Waals surface area contributed by atoms with Crippen LogP contribution in [0.5, 0.6) is 11.5 Å². The van der Waals surface area contributed by atoms with Gasteiger partial charge in [0.25, 0.3) is 0 Å². The van der Waals surface area contributed by atoms with Crippen LogP contribution >= 0.6 is 0 Å². The average molecular weight is 382 g/mol. The van der Waals surface area contributed by atoms with E-state index in [0.29, 0.717) is 19.8 Å². The van der Waals surface area contributed by atoms with E-state index in [1.807, 2.05) is 47.4 Å². The zero-order chi connectivity index (χ0) is 19.3. The predicted octanol–water partition coefficient (Wildman–Crippen LogP) is 2.36. The molecule has 0 N–H and O–H groups in total. The summed E-state index contributed by atoms with van der Waals surface area (Å²) in [4.78, 5) is 17.0. The minimum Gasteiger partial charge on any atom is -0.486 e. The highest BCUT2D eigenvalue weighted by Gasteiger charge is 2.30. The number of ether oxygens (including phenoxy) is 3. The zero-order valence-electron chi connectivity index (χ0n) is 16.1. The first kappa shape index (κ1) is 18.8.